The van der Waals surface area contributed by atoms with Gasteiger partial charge < -0.3 is 14.5 Å². The van der Waals surface area contributed by atoms with E-state index < -0.39 is 24.7 Å². The molecule has 0 unspecified atom stereocenters. The van der Waals surface area contributed by atoms with E-state index in [1.54, 1.807) is 31.3 Å². The van der Waals surface area contributed by atoms with Crippen molar-refractivity contribution in [3.8, 4) is 0 Å². The van der Waals surface area contributed by atoms with Crippen LogP contribution in [0, 0.1) is 6.92 Å². The third-order valence-electron chi connectivity index (χ3n) is 4.49. The molecule has 0 radical (unpaired) electrons. The van der Waals surface area contributed by atoms with Gasteiger partial charge in [-0.2, -0.15) is 18.3 Å². The van der Waals surface area contributed by atoms with Crippen LogP contribution in [0.25, 0.3) is 16.6 Å². The molecule has 0 aliphatic carbocycles. The van der Waals surface area contributed by atoms with Crippen LogP contribution in [0.4, 0.5) is 13.2 Å². The van der Waals surface area contributed by atoms with Gasteiger partial charge in [0.15, 0.2) is 12.3 Å². The number of ether oxygens (including phenoxy) is 1. The molecule has 0 aliphatic rings. The fourth-order valence-electron chi connectivity index (χ4n) is 3.03. The lowest BCUT2D eigenvalue weighted by molar-refractivity contribution is -0.161. The Hall–Kier alpha value is -3.89. The highest BCUT2D eigenvalue weighted by molar-refractivity contribution is 6.03. The number of nitrogens with zero attached hydrogens (tertiary/aromatic N) is 3. The van der Waals surface area contributed by atoms with Gasteiger partial charge in [0.05, 0.1) is 12.7 Å². The molecule has 1 N–H and O–H groups in total. The molecule has 0 saturated carbocycles. The van der Waals surface area contributed by atoms with E-state index in [1.807, 2.05) is 0 Å². The molecule has 11 heteroatoms. The molecule has 4 rings (SSSR count). The second-order valence-electron chi connectivity index (χ2n) is 6.71. The molecule has 31 heavy (non-hydrogen) atoms. The summed E-state index contributed by atoms with van der Waals surface area (Å²) in [5, 5.41) is 7.25. The van der Waals surface area contributed by atoms with Gasteiger partial charge in [0.1, 0.15) is 22.5 Å². The van der Waals surface area contributed by atoms with Crippen LogP contribution in [-0.4, -0.2) is 39.3 Å². The van der Waals surface area contributed by atoms with Crippen molar-refractivity contribution in [1.82, 2.24) is 19.9 Å². The molecule has 160 valence electrons. The van der Waals surface area contributed by atoms with Crippen LogP contribution in [0.1, 0.15) is 32.0 Å². The number of aromatic nitrogens is 3. The lowest BCUT2D eigenvalue weighted by Crippen LogP contribution is -2.22. The van der Waals surface area contributed by atoms with Crippen LogP contribution >= 0.6 is 0 Å². The first-order valence-electron chi connectivity index (χ1n) is 9.05. The third-order valence-corrected chi connectivity index (χ3v) is 4.49. The van der Waals surface area contributed by atoms with Crippen molar-refractivity contribution in [1.29, 1.82) is 0 Å². The molecule has 1 aromatic carbocycles. The number of carbonyl (C=O) groups excluding carboxylic acids is 2. The van der Waals surface area contributed by atoms with E-state index >= 15 is 0 Å². The average molecular weight is 432 g/mol. The van der Waals surface area contributed by atoms with E-state index in [0.29, 0.717) is 16.8 Å². The van der Waals surface area contributed by atoms with Crippen LogP contribution in [0.5, 0.6) is 0 Å². The number of halogens is 3. The van der Waals surface area contributed by atoms with E-state index in [9.17, 15) is 22.8 Å². The minimum absolute atomic E-state index is 0.0197. The SMILES string of the molecule is Cc1ccc(C(=O)OCC(F)(F)F)c2oc(CNC(=O)c3cnn4cccnc34)cc12. The van der Waals surface area contributed by atoms with Crippen molar-refractivity contribution in [3.05, 3.63) is 65.3 Å². The number of hydrogen-bond donors (Lipinski definition) is 1. The number of esters is 1. The summed E-state index contributed by atoms with van der Waals surface area (Å²) >= 11 is 0. The van der Waals surface area contributed by atoms with Gasteiger partial charge in [-0.3, -0.25) is 4.79 Å². The van der Waals surface area contributed by atoms with E-state index in [4.69, 9.17) is 4.42 Å². The van der Waals surface area contributed by atoms with Gasteiger partial charge in [-0.25, -0.2) is 14.3 Å². The zero-order chi connectivity index (χ0) is 22.2. The maximum atomic E-state index is 12.5. The number of hydrogen-bond acceptors (Lipinski definition) is 6. The zero-order valence-electron chi connectivity index (χ0n) is 16.1. The molecule has 8 nitrogen and oxygen atoms in total. The minimum atomic E-state index is -4.63. The third kappa shape index (κ3) is 4.20. The van der Waals surface area contributed by atoms with Gasteiger partial charge in [0, 0.05) is 17.8 Å². The Labute approximate surface area is 172 Å². The van der Waals surface area contributed by atoms with E-state index in [2.05, 4.69) is 20.1 Å². The lowest BCUT2D eigenvalue weighted by Gasteiger charge is -2.08. The van der Waals surface area contributed by atoms with Crippen molar-refractivity contribution in [2.45, 2.75) is 19.6 Å². The number of benzene rings is 1. The summed E-state index contributed by atoms with van der Waals surface area (Å²) in [4.78, 5) is 28.7. The Morgan fingerprint density at radius 3 is 2.84 bits per heavy atom. The molecule has 4 aromatic rings. The standard InChI is InChI=1S/C20H15F3N4O4/c1-11-3-4-13(19(29)30-10-20(21,22)23)16-14(11)7-12(31-16)8-25-18(28)15-9-26-27-6-2-5-24-17(15)27/h2-7,9H,8,10H2,1H3,(H,25,28). The highest BCUT2D eigenvalue weighted by atomic mass is 19.4. The summed E-state index contributed by atoms with van der Waals surface area (Å²) in [6.45, 7) is 0.0440. The summed E-state index contributed by atoms with van der Waals surface area (Å²) in [7, 11) is 0. The summed E-state index contributed by atoms with van der Waals surface area (Å²) in [5.41, 5.74) is 1.36. The molecule has 0 bridgehead atoms. The fourth-order valence-corrected chi connectivity index (χ4v) is 3.03. The second kappa shape index (κ2) is 7.74. The van der Waals surface area contributed by atoms with Crippen molar-refractivity contribution in [3.63, 3.8) is 0 Å². The van der Waals surface area contributed by atoms with Gasteiger partial charge >= 0.3 is 12.1 Å². The lowest BCUT2D eigenvalue weighted by atomic mass is 10.1. The average Bonchev–Trinajstić information content (AvgIpc) is 3.35. The second-order valence-corrected chi connectivity index (χ2v) is 6.71. The van der Waals surface area contributed by atoms with Gasteiger partial charge in [0.25, 0.3) is 5.91 Å². The number of aryl methyl sites for hydroxylation is 1. The van der Waals surface area contributed by atoms with Crippen LogP contribution in [0.15, 0.2) is 47.3 Å². The van der Waals surface area contributed by atoms with E-state index in [0.717, 1.165) is 5.56 Å². The van der Waals surface area contributed by atoms with Crippen LogP contribution in [-0.2, 0) is 11.3 Å². The number of carbonyl (C=O) groups is 2. The quantitative estimate of drug-likeness (QED) is 0.485. The zero-order valence-corrected chi connectivity index (χ0v) is 16.1. The molecular weight excluding hydrogens is 417 g/mol. The van der Waals surface area contributed by atoms with E-state index in [-0.39, 0.29) is 23.3 Å². The Morgan fingerprint density at radius 1 is 1.26 bits per heavy atom. The van der Waals surface area contributed by atoms with Gasteiger partial charge in [-0.05, 0) is 30.7 Å². The summed E-state index contributed by atoms with van der Waals surface area (Å²) in [6.07, 6.45) is -0.0595. The number of amides is 1. The molecule has 1 amide bonds. The van der Waals surface area contributed by atoms with Crippen LogP contribution in [0.2, 0.25) is 0 Å². The molecule has 0 fully saturated rings. The number of alkyl halides is 3. The van der Waals surface area contributed by atoms with Crippen molar-refractivity contribution >= 4 is 28.5 Å². The predicted octanol–water partition coefficient (Wildman–Crippen LogP) is 3.43. The summed E-state index contributed by atoms with van der Waals surface area (Å²) < 4.78 is 48.5. The first kappa shape index (κ1) is 20.4. The van der Waals surface area contributed by atoms with Crippen LogP contribution in [0.3, 0.4) is 0 Å². The van der Waals surface area contributed by atoms with Crippen molar-refractivity contribution < 1.29 is 31.9 Å². The summed E-state index contributed by atoms with van der Waals surface area (Å²) in [6, 6.07) is 6.21. The van der Waals surface area contributed by atoms with E-state index in [1.165, 1.54) is 23.0 Å². The Balaban J connectivity index is 1.54. The van der Waals surface area contributed by atoms with Gasteiger partial charge in [-0.15, -0.1) is 0 Å². The first-order valence-corrected chi connectivity index (χ1v) is 9.05. The Kier molecular flexibility index (Phi) is 5.09. The molecule has 0 atom stereocenters. The molecule has 0 aliphatic heterocycles. The number of rotatable bonds is 5. The topological polar surface area (TPSA) is 98.7 Å². The minimum Gasteiger partial charge on any atom is -0.458 e. The van der Waals surface area contributed by atoms with Gasteiger partial charge in [-0.1, -0.05) is 6.07 Å². The monoisotopic (exact) mass is 432 g/mol. The van der Waals surface area contributed by atoms with Crippen molar-refractivity contribution in [2.75, 3.05) is 6.61 Å². The maximum Gasteiger partial charge on any atom is 0.422 e. The maximum absolute atomic E-state index is 12.5. The number of furan rings is 1. The molecule has 3 aromatic heterocycles. The molecular formula is C20H15F3N4O4. The van der Waals surface area contributed by atoms with Crippen LogP contribution < -0.4 is 5.32 Å². The number of nitrogens with one attached hydrogen (secondary N) is 1. The summed E-state index contributed by atoms with van der Waals surface area (Å²) in [5.74, 6) is -1.27. The molecule has 0 spiro atoms. The van der Waals surface area contributed by atoms with Gasteiger partial charge in [0.2, 0.25) is 0 Å². The Morgan fingerprint density at radius 2 is 2.06 bits per heavy atom. The molecule has 0 saturated heterocycles. The fraction of sp³-hybridized carbons (Fsp3) is 0.200. The largest absolute Gasteiger partial charge is 0.458 e. The smallest absolute Gasteiger partial charge is 0.422 e. The highest BCUT2D eigenvalue weighted by Crippen LogP contribution is 2.27. The first-order chi connectivity index (χ1) is 14.7. The normalized spacial score (nSPS) is 11.7. The highest BCUT2D eigenvalue weighted by Gasteiger charge is 2.30. The predicted molar refractivity (Wildman–Crippen MR) is 101 cm³/mol. The Bertz CT molecular complexity index is 1290. The van der Waals surface area contributed by atoms with Crippen molar-refractivity contribution in [2.24, 2.45) is 0 Å². The number of fused-ring (bicyclic) bond motifs is 2. The molecule has 3 heterocycles.